The number of rotatable bonds is 8. The molecule has 0 N–H and O–H groups in total. The van der Waals surface area contributed by atoms with E-state index in [0.29, 0.717) is 0 Å². The molecule has 1 aliphatic heterocycles. The maximum Gasteiger partial charge on any atom is 0.143 e. The van der Waals surface area contributed by atoms with Gasteiger partial charge in [-0.1, -0.05) is 61.0 Å². The van der Waals surface area contributed by atoms with E-state index in [4.69, 9.17) is 9.47 Å². The standard InChI is InChI=1S/C31H33NO2/c1-33-27-18-13-26(14-19-27)30-20-15-25-9-3-4-10-29(25)31(30)34-28-16-11-24(12-17-28)8-7-23-32-21-5-2-6-22-32/h3-4,9-20H,2,5-8,21-23H2,1H3. The van der Waals surface area contributed by atoms with Crippen LogP contribution >= 0.6 is 0 Å². The topological polar surface area (TPSA) is 21.7 Å². The lowest BCUT2D eigenvalue weighted by molar-refractivity contribution is 0.226. The van der Waals surface area contributed by atoms with Gasteiger partial charge in [0.25, 0.3) is 0 Å². The molecule has 3 heteroatoms. The number of piperidine rings is 1. The van der Waals surface area contributed by atoms with Crippen LogP contribution in [0.4, 0.5) is 0 Å². The second-order valence-corrected chi connectivity index (χ2v) is 9.14. The Labute approximate surface area is 202 Å². The van der Waals surface area contributed by atoms with Gasteiger partial charge in [0, 0.05) is 10.9 Å². The minimum Gasteiger partial charge on any atom is -0.497 e. The number of likely N-dealkylation sites (tertiary alicyclic amines) is 1. The minimum absolute atomic E-state index is 0.850. The molecule has 1 fully saturated rings. The summed E-state index contributed by atoms with van der Waals surface area (Å²) < 4.78 is 11.9. The Hall–Kier alpha value is -3.30. The molecule has 0 bridgehead atoms. The third-order valence-corrected chi connectivity index (χ3v) is 6.81. The Morgan fingerprint density at radius 3 is 2.24 bits per heavy atom. The molecule has 1 saturated heterocycles. The average Bonchev–Trinajstić information content (AvgIpc) is 2.90. The summed E-state index contributed by atoms with van der Waals surface area (Å²) in [5.41, 5.74) is 3.56. The normalized spacial score (nSPS) is 14.3. The third kappa shape index (κ3) is 5.26. The summed E-state index contributed by atoms with van der Waals surface area (Å²) in [5, 5.41) is 2.28. The van der Waals surface area contributed by atoms with Gasteiger partial charge in [0.05, 0.1) is 7.11 Å². The highest BCUT2D eigenvalue weighted by atomic mass is 16.5. The summed E-state index contributed by atoms with van der Waals surface area (Å²) in [7, 11) is 1.69. The average molecular weight is 452 g/mol. The highest BCUT2D eigenvalue weighted by Crippen LogP contribution is 2.40. The van der Waals surface area contributed by atoms with Gasteiger partial charge in [-0.05, 0) is 92.2 Å². The molecule has 0 spiro atoms. The summed E-state index contributed by atoms with van der Waals surface area (Å²) in [5.74, 6) is 2.61. The second kappa shape index (κ2) is 10.8. The molecule has 0 atom stereocenters. The van der Waals surface area contributed by atoms with E-state index >= 15 is 0 Å². The molecule has 4 aromatic carbocycles. The molecule has 34 heavy (non-hydrogen) atoms. The zero-order chi connectivity index (χ0) is 23.2. The number of ether oxygens (including phenoxy) is 2. The molecular weight excluding hydrogens is 418 g/mol. The number of fused-ring (bicyclic) bond motifs is 1. The predicted octanol–water partition coefficient (Wildman–Crippen LogP) is 7.73. The monoisotopic (exact) mass is 451 g/mol. The summed E-state index contributed by atoms with van der Waals surface area (Å²) in [6.45, 7) is 3.75. The van der Waals surface area contributed by atoms with Gasteiger partial charge >= 0.3 is 0 Å². The molecule has 174 valence electrons. The molecule has 0 radical (unpaired) electrons. The van der Waals surface area contributed by atoms with Crippen molar-refractivity contribution in [3.05, 3.63) is 90.5 Å². The van der Waals surface area contributed by atoms with Crippen LogP contribution in [0.5, 0.6) is 17.2 Å². The van der Waals surface area contributed by atoms with Crippen LogP contribution < -0.4 is 9.47 Å². The van der Waals surface area contributed by atoms with Gasteiger partial charge in [-0.3, -0.25) is 0 Å². The van der Waals surface area contributed by atoms with Crippen molar-refractivity contribution in [1.82, 2.24) is 4.90 Å². The quantitative estimate of drug-likeness (QED) is 0.274. The lowest BCUT2D eigenvalue weighted by Crippen LogP contribution is -2.30. The number of nitrogens with zero attached hydrogens (tertiary/aromatic N) is 1. The SMILES string of the molecule is COc1ccc(-c2ccc3ccccc3c2Oc2ccc(CCCN3CCCCC3)cc2)cc1. The van der Waals surface area contributed by atoms with E-state index in [1.54, 1.807) is 7.11 Å². The Kier molecular flexibility index (Phi) is 7.11. The first-order chi connectivity index (χ1) is 16.8. The second-order valence-electron chi connectivity index (χ2n) is 9.14. The highest BCUT2D eigenvalue weighted by molar-refractivity contribution is 5.95. The van der Waals surface area contributed by atoms with Crippen LogP contribution in [0.15, 0.2) is 84.9 Å². The molecule has 0 unspecified atom stereocenters. The molecule has 0 aromatic heterocycles. The first-order valence-electron chi connectivity index (χ1n) is 12.5. The molecule has 0 aliphatic carbocycles. The van der Waals surface area contributed by atoms with Crippen molar-refractivity contribution < 1.29 is 9.47 Å². The van der Waals surface area contributed by atoms with Crippen molar-refractivity contribution in [3.8, 4) is 28.4 Å². The summed E-state index contributed by atoms with van der Waals surface area (Å²) in [4.78, 5) is 2.61. The predicted molar refractivity (Wildman–Crippen MR) is 141 cm³/mol. The molecule has 0 saturated carbocycles. The van der Waals surface area contributed by atoms with Crippen LogP contribution in [0, 0.1) is 0 Å². The number of hydrogen-bond donors (Lipinski definition) is 0. The van der Waals surface area contributed by atoms with Crippen molar-refractivity contribution in [2.24, 2.45) is 0 Å². The Balaban J connectivity index is 1.35. The van der Waals surface area contributed by atoms with E-state index in [1.807, 2.05) is 12.1 Å². The zero-order valence-electron chi connectivity index (χ0n) is 20.0. The molecular formula is C31H33NO2. The van der Waals surface area contributed by atoms with Crippen molar-refractivity contribution >= 4 is 10.8 Å². The Morgan fingerprint density at radius 1 is 0.735 bits per heavy atom. The smallest absolute Gasteiger partial charge is 0.143 e. The molecule has 0 amide bonds. The van der Waals surface area contributed by atoms with E-state index in [-0.39, 0.29) is 0 Å². The van der Waals surface area contributed by atoms with Crippen LogP contribution in [0.3, 0.4) is 0 Å². The van der Waals surface area contributed by atoms with Crippen molar-refractivity contribution in [3.63, 3.8) is 0 Å². The van der Waals surface area contributed by atoms with E-state index in [0.717, 1.165) is 40.2 Å². The van der Waals surface area contributed by atoms with Crippen LogP contribution in [-0.4, -0.2) is 31.6 Å². The van der Waals surface area contributed by atoms with Crippen molar-refractivity contribution in [2.75, 3.05) is 26.7 Å². The summed E-state index contributed by atoms with van der Waals surface area (Å²) in [6, 6.07) is 29.5. The van der Waals surface area contributed by atoms with Crippen LogP contribution in [-0.2, 0) is 6.42 Å². The van der Waals surface area contributed by atoms with E-state index in [2.05, 4.69) is 77.7 Å². The lowest BCUT2D eigenvalue weighted by atomic mass is 9.99. The number of hydrogen-bond acceptors (Lipinski definition) is 3. The van der Waals surface area contributed by atoms with Gasteiger partial charge in [0.2, 0.25) is 0 Å². The van der Waals surface area contributed by atoms with E-state index in [9.17, 15) is 0 Å². The first kappa shape index (κ1) is 22.5. The van der Waals surface area contributed by atoms with Crippen molar-refractivity contribution in [2.45, 2.75) is 32.1 Å². The number of aryl methyl sites for hydroxylation is 1. The fraction of sp³-hybridized carbons (Fsp3) is 0.290. The van der Waals surface area contributed by atoms with Crippen molar-refractivity contribution in [1.29, 1.82) is 0 Å². The maximum atomic E-state index is 6.55. The Morgan fingerprint density at radius 2 is 1.47 bits per heavy atom. The van der Waals surface area contributed by atoms with Gasteiger partial charge in [0.1, 0.15) is 17.2 Å². The fourth-order valence-electron chi connectivity index (χ4n) is 4.88. The summed E-state index contributed by atoms with van der Waals surface area (Å²) in [6.07, 6.45) is 6.44. The first-order valence-corrected chi connectivity index (χ1v) is 12.5. The zero-order valence-corrected chi connectivity index (χ0v) is 20.0. The van der Waals surface area contributed by atoms with Gasteiger partial charge in [0.15, 0.2) is 0 Å². The molecule has 4 aromatic rings. The third-order valence-electron chi connectivity index (χ3n) is 6.81. The van der Waals surface area contributed by atoms with E-state index < -0.39 is 0 Å². The van der Waals surface area contributed by atoms with Gasteiger partial charge < -0.3 is 14.4 Å². The summed E-state index contributed by atoms with van der Waals surface area (Å²) >= 11 is 0. The van der Waals surface area contributed by atoms with Crippen LogP contribution in [0.25, 0.3) is 21.9 Å². The Bertz CT molecular complexity index is 1210. The lowest BCUT2D eigenvalue weighted by Gasteiger charge is -2.26. The highest BCUT2D eigenvalue weighted by Gasteiger charge is 2.13. The van der Waals surface area contributed by atoms with Gasteiger partial charge in [-0.15, -0.1) is 0 Å². The molecule has 1 heterocycles. The molecule has 5 rings (SSSR count). The van der Waals surface area contributed by atoms with Crippen LogP contribution in [0.2, 0.25) is 0 Å². The largest absolute Gasteiger partial charge is 0.497 e. The number of methoxy groups -OCH3 is 1. The molecule has 3 nitrogen and oxygen atoms in total. The number of benzene rings is 4. The maximum absolute atomic E-state index is 6.55. The van der Waals surface area contributed by atoms with Crippen LogP contribution in [0.1, 0.15) is 31.2 Å². The fourth-order valence-corrected chi connectivity index (χ4v) is 4.88. The van der Waals surface area contributed by atoms with Gasteiger partial charge in [-0.2, -0.15) is 0 Å². The van der Waals surface area contributed by atoms with E-state index in [1.165, 1.54) is 56.3 Å². The minimum atomic E-state index is 0.850. The molecule has 1 aliphatic rings. The van der Waals surface area contributed by atoms with Gasteiger partial charge in [-0.25, -0.2) is 0 Å².